The van der Waals surface area contributed by atoms with E-state index >= 15 is 0 Å². The molecule has 8 heteroatoms. The van der Waals surface area contributed by atoms with Crippen LogP contribution < -0.4 is 10.6 Å². The van der Waals surface area contributed by atoms with Gasteiger partial charge in [0.05, 0.1) is 29.5 Å². The van der Waals surface area contributed by atoms with Crippen molar-refractivity contribution in [2.45, 2.75) is 40.2 Å². The van der Waals surface area contributed by atoms with Gasteiger partial charge < -0.3 is 15.4 Å². The summed E-state index contributed by atoms with van der Waals surface area (Å²) < 4.78 is 5.67. The number of carbonyl (C=O) groups excluding carboxylic acids is 3. The van der Waals surface area contributed by atoms with Crippen LogP contribution in [0.4, 0.5) is 5.00 Å². The van der Waals surface area contributed by atoms with Crippen LogP contribution in [0.5, 0.6) is 0 Å². The van der Waals surface area contributed by atoms with Crippen LogP contribution in [-0.2, 0) is 14.3 Å². The quantitative estimate of drug-likeness (QED) is 0.579. The molecule has 156 valence electrons. The number of rotatable bonds is 6. The van der Waals surface area contributed by atoms with Gasteiger partial charge in [-0.2, -0.15) is 0 Å². The Balaban J connectivity index is 2.21. The molecule has 0 spiro atoms. The van der Waals surface area contributed by atoms with Crippen molar-refractivity contribution >= 4 is 50.1 Å². The van der Waals surface area contributed by atoms with Gasteiger partial charge >= 0.3 is 5.97 Å². The number of esters is 1. The Hall–Kier alpha value is -2.19. The lowest BCUT2D eigenvalue weighted by molar-refractivity contribution is -0.141. The molecule has 2 amide bonds. The molecule has 0 saturated carbocycles. The topological polar surface area (TPSA) is 84.5 Å². The molecule has 29 heavy (non-hydrogen) atoms. The first-order valence-electron chi connectivity index (χ1n) is 9.06. The fourth-order valence-corrected chi connectivity index (χ4v) is 3.72. The Kier molecular flexibility index (Phi) is 7.60. The average Bonchev–Trinajstić information content (AvgIpc) is 3.01. The maximum atomic E-state index is 12.9. The van der Waals surface area contributed by atoms with E-state index in [9.17, 15) is 14.4 Å². The van der Waals surface area contributed by atoms with Crippen LogP contribution in [0.25, 0.3) is 0 Å². The predicted molar refractivity (Wildman–Crippen MR) is 118 cm³/mol. The highest BCUT2D eigenvalue weighted by molar-refractivity contribution is 9.10. The highest BCUT2D eigenvalue weighted by Gasteiger charge is 2.25. The summed E-state index contributed by atoms with van der Waals surface area (Å²) in [7, 11) is 1.32. The van der Waals surface area contributed by atoms with E-state index in [2.05, 4.69) is 26.6 Å². The van der Waals surface area contributed by atoms with Crippen LogP contribution >= 0.6 is 27.3 Å². The van der Waals surface area contributed by atoms with Crippen molar-refractivity contribution in [1.82, 2.24) is 5.32 Å². The van der Waals surface area contributed by atoms with Gasteiger partial charge in [0.25, 0.3) is 5.91 Å². The number of methoxy groups -OCH3 is 1. The second kappa shape index (κ2) is 9.54. The lowest BCUT2D eigenvalue weighted by atomic mass is 9.96. The van der Waals surface area contributed by atoms with Gasteiger partial charge in [-0.15, -0.1) is 11.3 Å². The van der Waals surface area contributed by atoms with Gasteiger partial charge in [0.2, 0.25) is 5.91 Å². The minimum absolute atomic E-state index is 0.0158. The van der Waals surface area contributed by atoms with Gasteiger partial charge in [0.15, 0.2) is 0 Å². The Labute approximate surface area is 183 Å². The average molecular weight is 481 g/mol. The van der Waals surface area contributed by atoms with Crippen LogP contribution in [0.15, 0.2) is 34.8 Å². The normalized spacial score (nSPS) is 12.2. The number of ether oxygens (including phenoxy) is 1. The number of benzene rings is 1. The van der Waals surface area contributed by atoms with E-state index < -0.39 is 17.4 Å². The smallest absolute Gasteiger partial charge is 0.307 e. The highest BCUT2D eigenvalue weighted by atomic mass is 79.9. The minimum Gasteiger partial charge on any atom is -0.469 e. The number of hydrogen-bond acceptors (Lipinski definition) is 5. The van der Waals surface area contributed by atoms with Crippen molar-refractivity contribution < 1.29 is 19.1 Å². The third-order valence-electron chi connectivity index (χ3n) is 4.22. The van der Waals surface area contributed by atoms with Gasteiger partial charge in [-0.25, -0.2) is 0 Å². The van der Waals surface area contributed by atoms with Crippen molar-refractivity contribution in [3.8, 4) is 0 Å². The van der Waals surface area contributed by atoms with E-state index in [1.165, 1.54) is 18.4 Å². The number of hydrogen-bond donors (Lipinski definition) is 2. The van der Waals surface area contributed by atoms with Gasteiger partial charge in [0.1, 0.15) is 0 Å². The molecule has 0 fully saturated rings. The molecule has 2 N–H and O–H groups in total. The molecule has 0 saturated heterocycles. The number of carbonyl (C=O) groups is 3. The molecule has 0 aliphatic carbocycles. The van der Waals surface area contributed by atoms with E-state index in [0.29, 0.717) is 9.88 Å². The summed E-state index contributed by atoms with van der Waals surface area (Å²) in [5.74, 6) is -0.844. The molecule has 1 heterocycles. The Morgan fingerprint density at radius 2 is 1.79 bits per heavy atom. The Morgan fingerprint density at radius 1 is 1.17 bits per heavy atom. The van der Waals surface area contributed by atoms with Crippen LogP contribution in [0, 0.1) is 12.3 Å². The Bertz CT molecular complexity index is 900. The maximum absolute atomic E-state index is 12.9. The standard InChI is InChI=1S/C21H25BrN2O4S/c1-12-10-16(24-20(27)21(2,3)4)29-18(12)19(26)23-15(11-17(25)28-5)13-6-8-14(22)9-7-13/h6-10,15H,11H2,1-5H3,(H,23,26)(H,24,27). The Morgan fingerprint density at radius 3 is 2.34 bits per heavy atom. The summed E-state index contributed by atoms with van der Waals surface area (Å²) in [6, 6.07) is 8.63. The lowest BCUT2D eigenvalue weighted by Gasteiger charge is -2.18. The maximum Gasteiger partial charge on any atom is 0.307 e. The van der Waals surface area contributed by atoms with Crippen LogP contribution in [0.3, 0.4) is 0 Å². The third kappa shape index (κ3) is 6.40. The van der Waals surface area contributed by atoms with Crippen molar-refractivity contribution in [1.29, 1.82) is 0 Å². The second-order valence-electron chi connectivity index (χ2n) is 7.68. The number of amides is 2. The second-order valence-corrected chi connectivity index (χ2v) is 9.65. The monoisotopic (exact) mass is 480 g/mol. The van der Waals surface area contributed by atoms with Crippen LogP contribution in [-0.4, -0.2) is 24.9 Å². The molecule has 0 aliphatic heterocycles. The van der Waals surface area contributed by atoms with Gasteiger partial charge in [-0.1, -0.05) is 48.8 Å². The summed E-state index contributed by atoms with van der Waals surface area (Å²) in [5, 5.41) is 6.38. The summed E-state index contributed by atoms with van der Waals surface area (Å²) in [6.07, 6.45) is 0.0158. The van der Waals surface area contributed by atoms with E-state index in [4.69, 9.17) is 4.74 Å². The molecular formula is C21H25BrN2O4S. The molecule has 0 aliphatic rings. The molecule has 2 aromatic rings. The number of halogens is 1. The molecule has 1 unspecified atom stereocenters. The first-order chi connectivity index (χ1) is 13.5. The third-order valence-corrected chi connectivity index (χ3v) is 5.90. The fraction of sp³-hybridized carbons (Fsp3) is 0.381. The van der Waals surface area contributed by atoms with Crippen LogP contribution in [0.2, 0.25) is 0 Å². The molecule has 1 atom stereocenters. The first-order valence-corrected chi connectivity index (χ1v) is 10.7. The summed E-state index contributed by atoms with van der Waals surface area (Å²) in [6.45, 7) is 7.29. The minimum atomic E-state index is -0.534. The van der Waals surface area contributed by atoms with Crippen molar-refractivity contribution in [3.63, 3.8) is 0 Å². The molecular weight excluding hydrogens is 456 g/mol. The van der Waals surface area contributed by atoms with E-state index in [0.717, 1.165) is 15.6 Å². The molecule has 0 radical (unpaired) electrons. The van der Waals surface area contributed by atoms with Crippen molar-refractivity contribution in [3.05, 3.63) is 50.8 Å². The van der Waals surface area contributed by atoms with Gasteiger partial charge in [-0.3, -0.25) is 14.4 Å². The zero-order chi connectivity index (χ0) is 21.8. The number of anilines is 1. The van der Waals surface area contributed by atoms with Crippen molar-refractivity contribution in [2.24, 2.45) is 5.41 Å². The summed E-state index contributed by atoms with van der Waals surface area (Å²) >= 11 is 4.59. The van der Waals surface area contributed by atoms with E-state index in [-0.39, 0.29) is 18.2 Å². The fourth-order valence-electron chi connectivity index (χ4n) is 2.49. The van der Waals surface area contributed by atoms with Gasteiger partial charge in [0, 0.05) is 9.89 Å². The first kappa shape index (κ1) is 23.1. The number of aryl methyl sites for hydroxylation is 1. The molecule has 6 nitrogen and oxygen atoms in total. The molecule has 0 bridgehead atoms. The predicted octanol–water partition coefficient (Wildman–Crippen LogP) is 4.84. The molecule has 1 aromatic carbocycles. The summed E-state index contributed by atoms with van der Waals surface area (Å²) in [4.78, 5) is 37.4. The zero-order valence-corrected chi connectivity index (χ0v) is 19.5. The SMILES string of the molecule is COC(=O)CC(NC(=O)c1sc(NC(=O)C(C)(C)C)cc1C)c1ccc(Br)cc1. The van der Waals surface area contributed by atoms with E-state index in [1.54, 1.807) is 6.07 Å². The molecule has 2 rings (SSSR count). The van der Waals surface area contributed by atoms with Crippen molar-refractivity contribution in [2.75, 3.05) is 12.4 Å². The largest absolute Gasteiger partial charge is 0.469 e. The zero-order valence-electron chi connectivity index (χ0n) is 17.1. The number of thiophene rings is 1. The van der Waals surface area contributed by atoms with Gasteiger partial charge in [-0.05, 0) is 36.2 Å². The molecule has 1 aromatic heterocycles. The summed E-state index contributed by atoms with van der Waals surface area (Å²) in [5.41, 5.74) is 1.01. The van der Waals surface area contributed by atoms with Crippen LogP contribution in [0.1, 0.15) is 54.0 Å². The van der Waals surface area contributed by atoms with E-state index in [1.807, 2.05) is 52.0 Å². The lowest BCUT2D eigenvalue weighted by Crippen LogP contribution is -2.30. The number of nitrogens with one attached hydrogen (secondary N) is 2. The highest BCUT2D eigenvalue weighted by Crippen LogP contribution is 2.29.